The molecule has 1 aliphatic rings. The largest absolute Gasteiger partial charge is 0.466 e. The Labute approximate surface area is 170 Å². The number of carbonyl (C=O) groups excluding carboxylic acids is 2. The van der Waals surface area contributed by atoms with Gasteiger partial charge in [-0.05, 0) is 30.7 Å². The number of pyridine rings is 1. The molecule has 1 aliphatic heterocycles. The smallest absolute Gasteiger partial charge is 0.330 e. The summed E-state index contributed by atoms with van der Waals surface area (Å²) in [6.07, 6.45) is 3.18. The number of hydrogen-bond acceptors (Lipinski definition) is 7. The van der Waals surface area contributed by atoms with Gasteiger partial charge in [-0.1, -0.05) is 6.07 Å². The molecule has 4 rings (SSSR count). The third-order valence-electron chi connectivity index (χ3n) is 4.72. The second kappa shape index (κ2) is 7.75. The maximum atomic E-state index is 12.7. The van der Waals surface area contributed by atoms with Crippen molar-refractivity contribution in [1.82, 2.24) is 14.3 Å². The number of thioether (sulfide) groups is 1. The van der Waals surface area contributed by atoms with Crippen molar-refractivity contribution in [2.45, 2.75) is 31.9 Å². The standard InChI is InChI=1S/C20H19N3O5S/c1-12-5-3-7-22-17(25)9-14(21-18(12)22)10-28-20(26)15-11-29-19(23(15)13(2)24)16-6-4-8-27-16/h3-9,15,19H,10-11H2,1-2H3/t15-,19+/m1/s1. The zero-order chi connectivity index (χ0) is 20.5. The van der Waals surface area contributed by atoms with E-state index < -0.39 is 12.0 Å². The van der Waals surface area contributed by atoms with E-state index in [0.29, 0.717) is 22.9 Å². The van der Waals surface area contributed by atoms with E-state index in [-0.39, 0.29) is 23.4 Å². The SMILES string of the molecule is CC(=O)N1[C@@H](C(=O)OCc2cc(=O)n3cccc(C)c3n2)CS[C@H]1c1ccco1. The van der Waals surface area contributed by atoms with Crippen molar-refractivity contribution in [1.29, 1.82) is 0 Å². The maximum Gasteiger partial charge on any atom is 0.330 e. The molecule has 2 atom stereocenters. The summed E-state index contributed by atoms with van der Waals surface area (Å²) in [6.45, 7) is 3.13. The summed E-state index contributed by atoms with van der Waals surface area (Å²) in [4.78, 5) is 43.1. The first kappa shape index (κ1) is 19.3. The Balaban J connectivity index is 1.51. The summed E-state index contributed by atoms with van der Waals surface area (Å²) in [6, 6.07) is 7.76. The number of amides is 1. The van der Waals surface area contributed by atoms with Gasteiger partial charge in [0.15, 0.2) is 0 Å². The second-order valence-corrected chi connectivity index (χ2v) is 7.83. The van der Waals surface area contributed by atoms with E-state index >= 15 is 0 Å². The summed E-state index contributed by atoms with van der Waals surface area (Å²) in [7, 11) is 0. The maximum absolute atomic E-state index is 12.7. The van der Waals surface area contributed by atoms with Crippen molar-refractivity contribution in [2.75, 3.05) is 5.75 Å². The summed E-state index contributed by atoms with van der Waals surface area (Å²) < 4.78 is 12.3. The lowest BCUT2D eigenvalue weighted by atomic mass is 10.2. The van der Waals surface area contributed by atoms with Crippen LogP contribution in [-0.4, -0.2) is 38.0 Å². The number of rotatable bonds is 4. The molecule has 1 amide bonds. The highest BCUT2D eigenvalue weighted by Gasteiger charge is 2.43. The summed E-state index contributed by atoms with van der Waals surface area (Å²) >= 11 is 1.44. The first-order chi connectivity index (χ1) is 14.0. The molecule has 0 saturated carbocycles. The third kappa shape index (κ3) is 3.65. The minimum Gasteiger partial charge on any atom is -0.466 e. The molecule has 3 aromatic rings. The van der Waals surface area contributed by atoms with Gasteiger partial charge in [0.2, 0.25) is 5.91 Å². The van der Waals surface area contributed by atoms with E-state index in [1.165, 1.54) is 40.3 Å². The van der Waals surface area contributed by atoms with Crippen molar-refractivity contribution in [3.05, 3.63) is 70.2 Å². The zero-order valence-corrected chi connectivity index (χ0v) is 16.7. The highest BCUT2D eigenvalue weighted by molar-refractivity contribution is 7.99. The first-order valence-corrected chi connectivity index (χ1v) is 10.1. The molecule has 29 heavy (non-hydrogen) atoms. The van der Waals surface area contributed by atoms with Gasteiger partial charge in [-0.25, -0.2) is 9.78 Å². The van der Waals surface area contributed by atoms with E-state index in [1.54, 1.807) is 24.4 Å². The van der Waals surface area contributed by atoms with Gasteiger partial charge in [0, 0.05) is 24.9 Å². The molecule has 1 saturated heterocycles. The molecule has 0 N–H and O–H groups in total. The van der Waals surface area contributed by atoms with Crippen LogP contribution in [0.25, 0.3) is 5.65 Å². The molecule has 3 aromatic heterocycles. The van der Waals surface area contributed by atoms with E-state index in [9.17, 15) is 14.4 Å². The molecule has 0 aliphatic carbocycles. The van der Waals surface area contributed by atoms with Crippen molar-refractivity contribution in [2.24, 2.45) is 0 Å². The number of fused-ring (bicyclic) bond motifs is 1. The lowest BCUT2D eigenvalue weighted by Gasteiger charge is -2.25. The predicted molar refractivity (Wildman–Crippen MR) is 106 cm³/mol. The van der Waals surface area contributed by atoms with Crippen LogP contribution in [0.4, 0.5) is 0 Å². The van der Waals surface area contributed by atoms with Gasteiger partial charge in [0.25, 0.3) is 5.56 Å². The minimum absolute atomic E-state index is 0.142. The van der Waals surface area contributed by atoms with E-state index in [0.717, 1.165) is 5.56 Å². The fourth-order valence-corrected chi connectivity index (χ4v) is 4.76. The Kier molecular flexibility index (Phi) is 5.14. The van der Waals surface area contributed by atoms with Crippen LogP contribution in [0.3, 0.4) is 0 Å². The van der Waals surface area contributed by atoms with E-state index in [4.69, 9.17) is 9.15 Å². The van der Waals surface area contributed by atoms with Crippen LogP contribution >= 0.6 is 11.8 Å². The fraction of sp³-hybridized carbons (Fsp3) is 0.300. The van der Waals surface area contributed by atoms with Crippen molar-refractivity contribution < 1.29 is 18.7 Å². The van der Waals surface area contributed by atoms with Crippen LogP contribution in [0.2, 0.25) is 0 Å². The molecule has 0 radical (unpaired) electrons. The number of carbonyl (C=O) groups is 2. The van der Waals surface area contributed by atoms with Gasteiger partial charge in [0.1, 0.15) is 29.4 Å². The van der Waals surface area contributed by atoms with Crippen LogP contribution in [0.5, 0.6) is 0 Å². The average molecular weight is 413 g/mol. The predicted octanol–water partition coefficient (Wildman–Crippen LogP) is 2.30. The molecule has 9 heteroatoms. The van der Waals surface area contributed by atoms with Gasteiger partial charge in [-0.15, -0.1) is 11.8 Å². The zero-order valence-electron chi connectivity index (χ0n) is 15.9. The van der Waals surface area contributed by atoms with Gasteiger partial charge in [-0.2, -0.15) is 0 Å². The molecule has 0 spiro atoms. The number of esters is 1. The monoisotopic (exact) mass is 413 g/mol. The van der Waals surface area contributed by atoms with Gasteiger partial charge in [-0.3, -0.25) is 14.0 Å². The highest BCUT2D eigenvalue weighted by Crippen LogP contribution is 2.41. The summed E-state index contributed by atoms with van der Waals surface area (Å²) in [5.41, 5.74) is 1.48. The molecule has 8 nitrogen and oxygen atoms in total. The Morgan fingerprint density at radius 2 is 2.17 bits per heavy atom. The lowest BCUT2D eigenvalue weighted by molar-refractivity contribution is -0.154. The molecule has 150 valence electrons. The van der Waals surface area contributed by atoms with Gasteiger partial charge in [0.05, 0.1) is 12.0 Å². The van der Waals surface area contributed by atoms with Crippen molar-refractivity contribution in [3.8, 4) is 0 Å². The van der Waals surface area contributed by atoms with Crippen LogP contribution in [0, 0.1) is 6.92 Å². The quantitative estimate of drug-likeness (QED) is 0.606. The molecule has 1 fully saturated rings. The number of aryl methyl sites for hydroxylation is 1. The van der Waals surface area contributed by atoms with Crippen molar-refractivity contribution in [3.63, 3.8) is 0 Å². The topological polar surface area (TPSA) is 94.1 Å². The van der Waals surface area contributed by atoms with Gasteiger partial charge >= 0.3 is 5.97 Å². The Morgan fingerprint density at radius 1 is 1.34 bits per heavy atom. The van der Waals surface area contributed by atoms with Crippen LogP contribution < -0.4 is 5.56 Å². The molecule has 4 heterocycles. The Hall–Kier alpha value is -3.07. The highest BCUT2D eigenvalue weighted by atomic mass is 32.2. The lowest BCUT2D eigenvalue weighted by Crippen LogP contribution is -2.42. The summed E-state index contributed by atoms with van der Waals surface area (Å²) in [5, 5.41) is -0.369. The fourth-order valence-electron chi connectivity index (χ4n) is 3.35. The molecule has 0 unspecified atom stereocenters. The van der Waals surface area contributed by atoms with Crippen LogP contribution in [0.1, 0.15) is 29.3 Å². The molecular formula is C20H19N3O5S. The number of ether oxygens (including phenoxy) is 1. The second-order valence-electron chi connectivity index (χ2n) is 6.72. The Bertz CT molecular complexity index is 1120. The molecular weight excluding hydrogens is 394 g/mol. The number of furan rings is 1. The normalized spacial score (nSPS) is 18.9. The average Bonchev–Trinajstić information content (AvgIpc) is 3.36. The minimum atomic E-state index is -0.726. The molecule has 0 aromatic carbocycles. The van der Waals surface area contributed by atoms with E-state index in [2.05, 4.69) is 4.98 Å². The summed E-state index contributed by atoms with van der Waals surface area (Å²) in [5.74, 6) is 0.237. The van der Waals surface area contributed by atoms with Crippen LogP contribution in [0.15, 0.2) is 52.0 Å². The number of nitrogens with zero attached hydrogens (tertiary/aromatic N) is 3. The van der Waals surface area contributed by atoms with E-state index in [1.807, 2.05) is 13.0 Å². The number of aromatic nitrogens is 2. The first-order valence-electron chi connectivity index (χ1n) is 9.04. The Morgan fingerprint density at radius 3 is 2.90 bits per heavy atom. The number of hydrogen-bond donors (Lipinski definition) is 0. The van der Waals surface area contributed by atoms with Crippen LogP contribution in [-0.2, 0) is 20.9 Å². The molecule has 0 bridgehead atoms. The van der Waals surface area contributed by atoms with Gasteiger partial charge < -0.3 is 14.1 Å². The van der Waals surface area contributed by atoms with Crippen molar-refractivity contribution >= 4 is 29.3 Å². The third-order valence-corrected chi connectivity index (χ3v) is 6.01.